The van der Waals surface area contributed by atoms with Gasteiger partial charge in [0.05, 0.1) is 23.0 Å². The molecule has 0 heterocycles. The van der Waals surface area contributed by atoms with Crippen molar-refractivity contribution in [3.63, 3.8) is 0 Å². The largest absolute Gasteiger partial charge is 0.397 e. The summed E-state index contributed by atoms with van der Waals surface area (Å²) in [5.74, 6) is -0.131. The molecule has 0 aliphatic carbocycles. The molecule has 0 fully saturated rings. The summed E-state index contributed by atoms with van der Waals surface area (Å²) in [4.78, 5) is 14.2. The fourth-order valence-electron chi connectivity index (χ4n) is 2.03. The third kappa shape index (κ3) is 4.83. The number of rotatable bonds is 6. The molecular formula is C15H25N3O2. The van der Waals surface area contributed by atoms with Crippen LogP contribution in [0.25, 0.3) is 0 Å². The predicted molar refractivity (Wildman–Crippen MR) is 82.5 cm³/mol. The summed E-state index contributed by atoms with van der Waals surface area (Å²) < 4.78 is 0. The number of amides is 1. The van der Waals surface area contributed by atoms with E-state index in [9.17, 15) is 9.90 Å². The monoisotopic (exact) mass is 279 g/mol. The number of carbonyl (C=O) groups is 1. The Morgan fingerprint density at radius 2 is 2.05 bits per heavy atom. The van der Waals surface area contributed by atoms with E-state index < -0.39 is 5.60 Å². The molecule has 0 aliphatic rings. The van der Waals surface area contributed by atoms with Crippen LogP contribution in [0, 0.1) is 0 Å². The number of benzene rings is 1. The molecular weight excluding hydrogens is 254 g/mol. The van der Waals surface area contributed by atoms with E-state index >= 15 is 0 Å². The van der Waals surface area contributed by atoms with Gasteiger partial charge in [-0.2, -0.15) is 0 Å². The molecule has 5 heteroatoms. The minimum Gasteiger partial charge on any atom is -0.397 e. The predicted octanol–water partition coefficient (Wildman–Crippen LogP) is 1.69. The molecule has 1 amide bonds. The fraction of sp³-hybridized carbons (Fsp3) is 0.533. The lowest BCUT2D eigenvalue weighted by Gasteiger charge is -2.32. The van der Waals surface area contributed by atoms with Gasteiger partial charge in [0.2, 0.25) is 5.91 Å². The van der Waals surface area contributed by atoms with Gasteiger partial charge >= 0.3 is 0 Å². The van der Waals surface area contributed by atoms with Crippen molar-refractivity contribution in [2.75, 3.05) is 24.1 Å². The zero-order valence-corrected chi connectivity index (χ0v) is 12.7. The summed E-state index contributed by atoms with van der Waals surface area (Å²) in [6.45, 7) is 8.37. The normalized spacial score (nSPS) is 13.3. The molecule has 0 saturated heterocycles. The van der Waals surface area contributed by atoms with Gasteiger partial charge in [0.1, 0.15) is 0 Å². The molecule has 0 radical (unpaired) electrons. The van der Waals surface area contributed by atoms with Crippen LogP contribution in [0.2, 0.25) is 0 Å². The van der Waals surface area contributed by atoms with E-state index in [1.807, 2.05) is 30.9 Å². The molecule has 1 aromatic rings. The first-order chi connectivity index (χ1) is 9.24. The topological polar surface area (TPSA) is 78.6 Å². The standard InChI is InChI=1S/C15H25N3O2/c1-5-18(10-15(3,4)20)11(2)14(19)17-13-9-7-6-8-12(13)16/h6-9,11,20H,5,10,16H2,1-4H3,(H,17,19). The van der Waals surface area contributed by atoms with Gasteiger partial charge in [-0.15, -0.1) is 0 Å². The molecule has 0 bridgehead atoms. The van der Waals surface area contributed by atoms with E-state index in [1.54, 1.807) is 26.0 Å². The van der Waals surface area contributed by atoms with Crippen molar-refractivity contribution >= 4 is 17.3 Å². The van der Waals surface area contributed by atoms with E-state index in [1.165, 1.54) is 0 Å². The van der Waals surface area contributed by atoms with Crippen molar-refractivity contribution in [1.29, 1.82) is 0 Å². The van der Waals surface area contributed by atoms with Crippen LogP contribution in [0.15, 0.2) is 24.3 Å². The lowest BCUT2D eigenvalue weighted by atomic mass is 10.1. The number of likely N-dealkylation sites (N-methyl/N-ethyl adjacent to an activating group) is 1. The first kappa shape index (κ1) is 16.5. The second-order valence-corrected chi connectivity index (χ2v) is 5.63. The van der Waals surface area contributed by atoms with Gasteiger partial charge in [0.15, 0.2) is 0 Å². The second kappa shape index (κ2) is 6.72. The van der Waals surface area contributed by atoms with E-state index in [-0.39, 0.29) is 11.9 Å². The molecule has 1 aromatic carbocycles. The summed E-state index contributed by atoms with van der Waals surface area (Å²) in [7, 11) is 0. The minimum absolute atomic E-state index is 0.131. The van der Waals surface area contributed by atoms with Crippen molar-refractivity contribution in [3.8, 4) is 0 Å². The van der Waals surface area contributed by atoms with Gasteiger partial charge < -0.3 is 16.2 Å². The molecule has 0 aromatic heterocycles. The Morgan fingerprint density at radius 3 is 2.55 bits per heavy atom. The highest BCUT2D eigenvalue weighted by molar-refractivity contribution is 5.97. The average molecular weight is 279 g/mol. The smallest absolute Gasteiger partial charge is 0.241 e. The van der Waals surface area contributed by atoms with Crippen LogP contribution in [0.4, 0.5) is 11.4 Å². The Balaban J connectivity index is 2.73. The first-order valence-corrected chi connectivity index (χ1v) is 6.86. The molecule has 5 nitrogen and oxygen atoms in total. The summed E-state index contributed by atoms with van der Waals surface area (Å²) in [6.07, 6.45) is 0. The number of hydrogen-bond acceptors (Lipinski definition) is 4. The van der Waals surface area contributed by atoms with Crippen LogP contribution in [0.5, 0.6) is 0 Å². The summed E-state index contributed by atoms with van der Waals surface area (Å²) in [6, 6.07) is 6.82. The summed E-state index contributed by atoms with van der Waals surface area (Å²) in [5.41, 5.74) is 6.13. The Bertz CT molecular complexity index is 455. The molecule has 1 atom stereocenters. The van der Waals surface area contributed by atoms with Crippen molar-refractivity contribution < 1.29 is 9.90 Å². The van der Waals surface area contributed by atoms with Crippen LogP contribution < -0.4 is 11.1 Å². The SMILES string of the molecule is CCN(CC(C)(C)O)C(C)C(=O)Nc1ccccc1N. The number of para-hydroxylation sites is 2. The maximum Gasteiger partial charge on any atom is 0.241 e. The number of aliphatic hydroxyl groups is 1. The molecule has 0 spiro atoms. The van der Waals surface area contributed by atoms with Crippen molar-refractivity contribution in [2.45, 2.75) is 39.3 Å². The Labute approximate surface area is 120 Å². The minimum atomic E-state index is -0.837. The average Bonchev–Trinajstić information content (AvgIpc) is 2.36. The highest BCUT2D eigenvalue weighted by Gasteiger charge is 2.25. The van der Waals surface area contributed by atoms with Crippen molar-refractivity contribution in [3.05, 3.63) is 24.3 Å². The number of carbonyl (C=O) groups excluding carboxylic acids is 1. The number of hydrogen-bond donors (Lipinski definition) is 3. The van der Waals surface area contributed by atoms with Crippen LogP contribution in [0.3, 0.4) is 0 Å². The number of nitrogens with one attached hydrogen (secondary N) is 1. The highest BCUT2D eigenvalue weighted by atomic mass is 16.3. The van der Waals surface area contributed by atoms with Gasteiger partial charge in [-0.05, 0) is 39.4 Å². The van der Waals surface area contributed by atoms with Gasteiger partial charge in [-0.1, -0.05) is 19.1 Å². The fourth-order valence-corrected chi connectivity index (χ4v) is 2.03. The van der Waals surface area contributed by atoms with Crippen LogP contribution in [0.1, 0.15) is 27.7 Å². The Kier molecular flexibility index (Phi) is 5.53. The number of nitrogen functional groups attached to an aromatic ring is 1. The summed E-state index contributed by atoms with van der Waals surface area (Å²) >= 11 is 0. The van der Waals surface area contributed by atoms with E-state index in [0.717, 1.165) is 0 Å². The molecule has 1 rings (SSSR count). The zero-order chi connectivity index (χ0) is 15.3. The van der Waals surface area contributed by atoms with Crippen LogP contribution in [-0.2, 0) is 4.79 Å². The summed E-state index contributed by atoms with van der Waals surface area (Å²) in [5, 5.41) is 12.7. The molecule has 0 saturated carbocycles. The molecule has 1 unspecified atom stereocenters. The lowest BCUT2D eigenvalue weighted by molar-refractivity contribution is -0.121. The van der Waals surface area contributed by atoms with Crippen molar-refractivity contribution in [1.82, 2.24) is 4.90 Å². The first-order valence-electron chi connectivity index (χ1n) is 6.86. The Morgan fingerprint density at radius 1 is 1.45 bits per heavy atom. The third-order valence-electron chi connectivity index (χ3n) is 3.14. The van der Waals surface area contributed by atoms with Gasteiger partial charge in [-0.25, -0.2) is 0 Å². The Hall–Kier alpha value is -1.59. The molecule has 4 N–H and O–H groups in total. The quantitative estimate of drug-likeness (QED) is 0.692. The third-order valence-corrected chi connectivity index (χ3v) is 3.14. The van der Waals surface area contributed by atoms with Gasteiger partial charge in [0.25, 0.3) is 0 Å². The number of nitrogens with zero attached hydrogens (tertiary/aromatic N) is 1. The maximum absolute atomic E-state index is 12.3. The zero-order valence-electron chi connectivity index (χ0n) is 12.7. The van der Waals surface area contributed by atoms with Crippen molar-refractivity contribution in [2.24, 2.45) is 0 Å². The van der Waals surface area contributed by atoms with Gasteiger partial charge in [-0.3, -0.25) is 9.69 Å². The highest BCUT2D eigenvalue weighted by Crippen LogP contribution is 2.18. The van der Waals surface area contributed by atoms with Gasteiger partial charge in [0, 0.05) is 6.54 Å². The molecule has 0 aliphatic heterocycles. The molecule has 20 heavy (non-hydrogen) atoms. The lowest BCUT2D eigenvalue weighted by Crippen LogP contribution is -2.48. The maximum atomic E-state index is 12.3. The second-order valence-electron chi connectivity index (χ2n) is 5.63. The van der Waals surface area contributed by atoms with Crippen LogP contribution in [-0.4, -0.2) is 40.6 Å². The number of anilines is 2. The van der Waals surface area contributed by atoms with E-state index in [2.05, 4.69) is 5.32 Å². The van der Waals surface area contributed by atoms with E-state index in [4.69, 9.17) is 5.73 Å². The van der Waals surface area contributed by atoms with Crippen LogP contribution >= 0.6 is 0 Å². The molecule has 112 valence electrons. The number of nitrogens with two attached hydrogens (primary N) is 1. The van der Waals surface area contributed by atoms with E-state index in [0.29, 0.717) is 24.5 Å².